The van der Waals surface area contributed by atoms with Crippen molar-refractivity contribution in [3.63, 3.8) is 0 Å². The Bertz CT molecular complexity index is 3180. The fraction of sp³-hybridized carbons (Fsp3) is 0. The first kappa shape index (κ1) is 29.4. The molecule has 0 N–H and O–H groups in total. The summed E-state index contributed by atoms with van der Waals surface area (Å²) in [4.78, 5) is 15.7. The molecule has 11 rings (SSSR count). The molecule has 0 aliphatic rings. The number of nitrogens with zero attached hydrogens (tertiary/aromatic N) is 3. The monoisotopic (exact) mass is 729 g/mol. The average Bonchev–Trinajstić information content (AvgIpc) is 3.79. The van der Waals surface area contributed by atoms with Crippen molar-refractivity contribution in [3.05, 3.63) is 164 Å². The number of fused-ring (bicyclic) bond motifs is 10. The Morgan fingerprint density at radius 3 is 1.87 bits per heavy atom. The molecular formula is C47H27N3OSe. The van der Waals surface area contributed by atoms with E-state index >= 15 is 0 Å². The van der Waals surface area contributed by atoms with Crippen molar-refractivity contribution >= 4 is 77.3 Å². The summed E-state index contributed by atoms with van der Waals surface area (Å²) in [6, 6.07) is 57.7. The van der Waals surface area contributed by atoms with Crippen LogP contribution in [-0.2, 0) is 0 Å². The van der Waals surface area contributed by atoms with Crippen molar-refractivity contribution in [2.75, 3.05) is 0 Å². The Morgan fingerprint density at radius 1 is 0.365 bits per heavy atom. The summed E-state index contributed by atoms with van der Waals surface area (Å²) in [6.07, 6.45) is 0. The summed E-state index contributed by atoms with van der Waals surface area (Å²) in [5.41, 5.74) is 7.12. The van der Waals surface area contributed by atoms with Gasteiger partial charge in [-0.2, -0.15) is 0 Å². The van der Waals surface area contributed by atoms with E-state index in [0.717, 1.165) is 38.6 Å². The van der Waals surface area contributed by atoms with Crippen LogP contribution in [0, 0.1) is 0 Å². The number of furan rings is 1. The second-order valence-electron chi connectivity index (χ2n) is 13.1. The zero-order valence-electron chi connectivity index (χ0n) is 27.7. The molecule has 0 atom stereocenters. The number of rotatable bonds is 4. The maximum absolute atomic E-state index is 6.17. The summed E-state index contributed by atoms with van der Waals surface area (Å²) in [5.74, 6) is 1.94. The number of para-hydroxylation sites is 1. The standard InChI is InChI=1S/C47H27N3OSe/c1-3-12-28(13-4-1)34-19-11-20-36-42-38(26-31-23-22-29-14-7-8-17-33(29)41(31)44(42)52-43(34)36)47-49-45(30-15-5-2-6-16-30)48-46(50-47)32-24-25-40-37(27-32)35-18-9-10-21-39(35)51-40/h1-27H. The molecule has 3 aromatic heterocycles. The molecule has 0 spiro atoms. The Labute approximate surface area is 304 Å². The molecule has 3 heterocycles. The molecule has 52 heavy (non-hydrogen) atoms. The van der Waals surface area contributed by atoms with Gasteiger partial charge < -0.3 is 0 Å². The summed E-state index contributed by atoms with van der Waals surface area (Å²) < 4.78 is 8.95. The van der Waals surface area contributed by atoms with E-state index in [0.29, 0.717) is 17.5 Å². The van der Waals surface area contributed by atoms with Gasteiger partial charge in [0.2, 0.25) is 0 Å². The predicted molar refractivity (Wildman–Crippen MR) is 216 cm³/mol. The van der Waals surface area contributed by atoms with Crippen molar-refractivity contribution in [2.24, 2.45) is 0 Å². The molecule has 4 nitrogen and oxygen atoms in total. The van der Waals surface area contributed by atoms with Gasteiger partial charge in [-0.1, -0.05) is 6.07 Å². The molecule has 0 aliphatic heterocycles. The van der Waals surface area contributed by atoms with Gasteiger partial charge in [-0.15, -0.1) is 0 Å². The van der Waals surface area contributed by atoms with Crippen LogP contribution in [0.4, 0.5) is 0 Å². The van der Waals surface area contributed by atoms with Crippen LogP contribution < -0.4 is 0 Å². The van der Waals surface area contributed by atoms with Gasteiger partial charge in [0.25, 0.3) is 0 Å². The molecule has 242 valence electrons. The van der Waals surface area contributed by atoms with Crippen LogP contribution in [0.5, 0.6) is 0 Å². The molecule has 0 radical (unpaired) electrons. The zero-order valence-corrected chi connectivity index (χ0v) is 29.5. The van der Waals surface area contributed by atoms with Crippen LogP contribution in [-0.4, -0.2) is 29.5 Å². The van der Waals surface area contributed by atoms with Crippen LogP contribution >= 0.6 is 0 Å². The van der Waals surface area contributed by atoms with E-state index in [1.54, 1.807) is 0 Å². The van der Waals surface area contributed by atoms with Gasteiger partial charge in [0.1, 0.15) is 0 Å². The Morgan fingerprint density at radius 2 is 1.02 bits per heavy atom. The Kier molecular flexibility index (Phi) is 6.53. The van der Waals surface area contributed by atoms with Crippen molar-refractivity contribution in [3.8, 4) is 45.3 Å². The van der Waals surface area contributed by atoms with E-state index in [-0.39, 0.29) is 14.5 Å². The SMILES string of the molecule is c1ccc(-c2nc(-c3ccc4oc5ccccc5c4c3)nc(-c3cc4ccc5ccccc5c4c4[se]c5c(-c6ccccc6)cccc5c34)n2)cc1. The third-order valence-corrected chi connectivity index (χ3v) is 12.7. The second-order valence-corrected chi connectivity index (χ2v) is 15.3. The van der Waals surface area contributed by atoms with E-state index in [1.165, 1.54) is 52.0 Å². The number of aromatic nitrogens is 3. The Hall–Kier alpha value is -6.39. The predicted octanol–water partition coefficient (Wildman–Crippen LogP) is 12.1. The number of benzene rings is 8. The first-order chi connectivity index (χ1) is 25.8. The van der Waals surface area contributed by atoms with Gasteiger partial charge in [-0.05, 0) is 0 Å². The summed E-state index contributed by atoms with van der Waals surface area (Å²) in [5, 5.41) is 9.64. The fourth-order valence-electron chi connectivity index (χ4n) is 7.68. The number of hydrogen-bond donors (Lipinski definition) is 0. The summed E-state index contributed by atoms with van der Waals surface area (Å²) >= 11 is 0.0426. The second kappa shape index (κ2) is 11.6. The minimum absolute atomic E-state index is 0.0426. The van der Waals surface area contributed by atoms with Crippen molar-refractivity contribution in [1.82, 2.24) is 15.0 Å². The zero-order chi connectivity index (χ0) is 34.2. The van der Waals surface area contributed by atoms with Crippen molar-refractivity contribution in [1.29, 1.82) is 0 Å². The van der Waals surface area contributed by atoms with Crippen molar-refractivity contribution in [2.45, 2.75) is 0 Å². The van der Waals surface area contributed by atoms with Gasteiger partial charge in [-0.3, -0.25) is 0 Å². The molecule has 8 aromatic carbocycles. The van der Waals surface area contributed by atoms with E-state index in [9.17, 15) is 0 Å². The van der Waals surface area contributed by atoms with Crippen LogP contribution in [0.1, 0.15) is 0 Å². The minimum atomic E-state index is 0.0426. The Balaban J connectivity index is 1.25. The molecule has 0 aliphatic carbocycles. The first-order valence-corrected chi connectivity index (χ1v) is 19.1. The topological polar surface area (TPSA) is 51.8 Å². The molecular weight excluding hydrogens is 701 g/mol. The van der Waals surface area contributed by atoms with Gasteiger partial charge in [0.15, 0.2) is 0 Å². The maximum atomic E-state index is 6.17. The summed E-state index contributed by atoms with van der Waals surface area (Å²) in [6.45, 7) is 0. The molecule has 0 saturated carbocycles. The average molecular weight is 729 g/mol. The normalized spacial score (nSPS) is 11.8. The van der Waals surface area contributed by atoms with Gasteiger partial charge >= 0.3 is 300 Å². The summed E-state index contributed by atoms with van der Waals surface area (Å²) in [7, 11) is 0. The third-order valence-electron chi connectivity index (χ3n) is 10.1. The van der Waals surface area contributed by atoms with Crippen LogP contribution in [0.15, 0.2) is 168 Å². The van der Waals surface area contributed by atoms with Crippen LogP contribution in [0.25, 0.3) is 108 Å². The molecule has 0 unspecified atom stereocenters. The molecule has 0 saturated heterocycles. The van der Waals surface area contributed by atoms with E-state index in [4.69, 9.17) is 19.4 Å². The van der Waals surface area contributed by atoms with Gasteiger partial charge in [-0.25, -0.2) is 0 Å². The first-order valence-electron chi connectivity index (χ1n) is 17.4. The van der Waals surface area contributed by atoms with Gasteiger partial charge in [0.05, 0.1) is 0 Å². The molecule has 0 bridgehead atoms. The quantitative estimate of drug-likeness (QED) is 0.134. The van der Waals surface area contributed by atoms with E-state index in [2.05, 4.69) is 121 Å². The molecule has 0 fully saturated rings. The fourth-order valence-corrected chi connectivity index (χ4v) is 10.7. The molecule has 5 heteroatoms. The molecule has 11 aromatic rings. The van der Waals surface area contributed by atoms with E-state index in [1.807, 2.05) is 42.5 Å². The number of hydrogen-bond acceptors (Lipinski definition) is 4. The molecule has 0 amide bonds. The van der Waals surface area contributed by atoms with Crippen LogP contribution in [0.3, 0.4) is 0 Å². The van der Waals surface area contributed by atoms with Gasteiger partial charge in [0, 0.05) is 0 Å². The van der Waals surface area contributed by atoms with Crippen molar-refractivity contribution < 1.29 is 4.42 Å². The third kappa shape index (κ3) is 4.57. The van der Waals surface area contributed by atoms with Crippen LogP contribution in [0.2, 0.25) is 0 Å². The van der Waals surface area contributed by atoms with E-state index < -0.39 is 0 Å².